The number of halogens is 1. The zero-order chi connectivity index (χ0) is 24.6. The Morgan fingerprint density at radius 3 is 2.30 bits per heavy atom. The highest BCUT2D eigenvalue weighted by Gasteiger charge is 2.27. The van der Waals surface area contributed by atoms with Crippen molar-refractivity contribution in [3.63, 3.8) is 0 Å². The molecule has 174 valence electrons. The lowest BCUT2D eigenvalue weighted by Crippen LogP contribution is -2.03. The van der Waals surface area contributed by atoms with E-state index in [1.54, 1.807) is 32.2 Å². The van der Waals surface area contributed by atoms with Crippen molar-refractivity contribution in [2.75, 3.05) is 7.05 Å². The number of aliphatic carboxylic acids is 2. The number of thiophene rings is 1. The van der Waals surface area contributed by atoms with Crippen LogP contribution in [0.25, 0.3) is 11.1 Å². The Hall–Kier alpha value is -3.48. The molecule has 12 heteroatoms. The predicted octanol–water partition coefficient (Wildman–Crippen LogP) is 2.92. The highest BCUT2D eigenvalue weighted by molar-refractivity contribution is 7.93. The highest BCUT2D eigenvalue weighted by atomic mass is 32.2. The standard InChI is InChI=1S/C17H16FN3O2S2.C4H4O4/c1-11-5-6-13(10-21-11)25(22,23)17-15(8-12(24-17)9-19-2)14-4-3-7-20-16(14)18;5-3(6)1-2-4(7)8/h3-8,10,19H,9H2,1-2H3;1-2H,(H,5,6)(H,7,8)/b;2-1+. The Balaban J connectivity index is 0.000000414. The van der Waals surface area contributed by atoms with E-state index < -0.39 is 27.7 Å². The average Bonchev–Trinajstić information content (AvgIpc) is 3.18. The third-order valence-electron chi connectivity index (χ3n) is 3.96. The van der Waals surface area contributed by atoms with Crippen molar-refractivity contribution in [2.24, 2.45) is 0 Å². The minimum absolute atomic E-state index is 0.0847. The Morgan fingerprint density at radius 2 is 1.79 bits per heavy atom. The van der Waals surface area contributed by atoms with Gasteiger partial charge >= 0.3 is 11.9 Å². The van der Waals surface area contributed by atoms with E-state index in [1.807, 2.05) is 0 Å². The third-order valence-corrected chi connectivity index (χ3v) is 7.36. The topological polar surface area (TPSA) is 147 Å². The van der Waals surface area contributed by atoms with E-state index >= 15 is 0 Å². The third kappa shape index (κ3) is 7.00. The lowest BCUT2D eigenvalue weighted by molar-refractivity contribution is -0.134. The van der Waals surface area contributed by atoms with Gasteiger partial charge in [0.05, 0.1) is 4.90 Å². The van der Waals surface area contributed by atoms with E-state index in [9.17, 15) is 22.4 Å². The quantitative estimate of drug-likeness (QED) is 0.334. The number of aromatic nitrogens is 2. The van der Waals surface area contributed by atoms with Crippen molar-refractivity contribution in [3.05, 3.63) is 71.4 Å². The van der Waals surface area contributed by atoms with Gasteiger partial charge in [-0.2, -0.15) is 4.39 Å². The number of rotatable bonds is 7. The number of hydrogen-bond acceptors (Lipinski definition) is 8. The summed E-state index contributed by atoms with van der Waals surface area (Å²) >= 11 is 1.12. The Labute approximate surface area is 193 Å². The van der Waals surface area contributed by atoms with Gasteiger partial charge in [-0.1, -0.05) is 0 Å². The van der Waals surface area contributed by atoms with Crippen LogP contribution in [0, 0.1) is 12.9 Å². The van der Waals surface area contributed by atoms with Crippen LogP contribution in [0.3, 0.4) is 0 Å². The molecule has 0 bridgehead atoms. The number of carboxylic acids is 2. The van der Waals surface area contributed by atoms with E-state index in [0.29, 0.717) is 24.3 Å². The van der Waals surface area contributed by atoms with Crippen LogP contribution in [0.2, 0.25) is 0 Å². The SMILES string of the molecule is CNCc1cc(-c2cccnc2F)c(S(=O)(=O)c2ccc(C)nc2)s1.O=C(O)/C=C/C(=O)O. The first-order chi connectivity index (χ1) is 15.6. The van der Waals surface area contributed by atoms with Crippen LogP contribution in [0.15, 0.2) is 64.0 Å². The molecule has 3 aromatic heterocycles. The minimum Gasteiger partial charge on any atom is -0.478 e. The number of carbonyl (C=O) groups is 2. The van der Waals surface area contributed by atoms with Gasteiger partial charge in [0.2, 0.25) is 15.8 Å². The normalized spacial score (nSPS) is 11.1. The van der Waals surface area contributed by atoms with Crippen LogP contribution >= 0.6 is 11.3 Å². The molecule has 0 amide bonds. The van der Waals surface area contributed by atoms with Crippen LogP contribution in [0.4, 0.5) is 4.39 Å². The fourth-order valence-electron chi connectivity index (χ4n) is 2.52. The molecule has 0 aliphatic heterocycles. The summed E-state index contributed by atoms with van der Waals surface area (Å²) in [5, 5.41) is 18.6. The smallest absolute Gasteiger partial charge is 0.328 e. The molecule has 0 saturated heterocycles. The second-order valence-electron chi connectivity index (χ2n) is 6.43. The molecular weight excluding hydrogens is 473 g/mol. The summed E-state index contributed by atoms with van der Waals surface area (Å²) in [5.74, 6) is -3.21. The summed E-state index contributed by atoms with van der Waals surface area (Å²) in [7, 11) is -2.05. The molecule has 0 aliphatic carbocycles. The summed E-state index contributed by atoms with van der Waals surface area (Å²) in [4.78, 5) is 27.7. The van der Waals surface area contributed by atoms with Gasteiger partial charge in [-0.05, 0) is 44.3 Å². The summed E-state index contributed by atoms with van der Waals surface area (Å²) < 4.78 is 40.4. The zero-order valence-corrected chi connectivity index (χ0v) is 19.2. The van der Waals surface area contributed by atoms with Gasteiger partial charge in [-0.25, -0.2) is 23.0 Å². The van der Waals surface area contributed by atoms with Gasteiger partial charge in [0.1, 0.15) is 4.21 Å². The molecular formula is C21H20FN3O6S2. The van der Waals surface area contributed by atoms with Gasteiger partial charge in [0.15, 0.2) is 0 Å². The maximum Gasteiger partial charge on any atom is 0.328 e. The fourth-order valence-corrected chi connectivity index (χ4v) is 5.59. The van der Waals surface area contributed by atoms with E-state index in [4.69, 9.17) is 10.2 Å². The lowest BCUT2D eigenvalue weighted by atomic mass is 10.1. The van der Waals surface area contributed by atoms with Crippen molar-refractivity contribution in [1.29, 1.82) is 0 Å². The summed E-state index contributed by atoms with van der Waals surface area (Å²) in [6.07, 6.45) is 3.77. The number of nitrogens with zero attached hydrogens (tertiary/aromatic N) is 2. The molecule has 0 spiro atoms. The molecule has 0 atom stereocenters. The molecule has 3 aromatic rings. The molecule has 0 aromatic carbocycles. The number of sulfone groups is 1. The maximum absolute atomic E-state index is 14.2. The molecule has 3 rings (SSSR count). The molecule has 0 saturated carbocycles. The number of carboxylic acid groups (broad SMARTS) is 2. The van der Waals surface area contributed by atoms with Gasteiger partial charge in [-0.3, -0.25) is 4.98 Å². The van der Waals surface area contributed by atoms with Gasteiger partial charge in [-0.15, -0.1) is 11.3 Å². The average molecular weight is 494 g/mol. The number of aryl methyl sites for hydroxylation is 1. The first kappa shape index (κ1) is 25.8. The van der Waals surface area contributed by atoms with E-state index in [1.165, 1.54) is 24.5 Å². The van der Waals surface area contributed by atoms with Gasteiger partial charge in [0.25, 0.3) is 0 Å². The van der Waals surface area contributed by atoms with Crippen LogP contribution in [0.1, 0.15) is 10.6 Å². The summed E-state index contributed by atoms with van der Waals surface area (Å²) in [5.41, 5.74) is 1.21. The fraction of sp³-hybridized carbons (Fsp3) is 0.143. The van der Waals surface area contributed by atoms with Crippen molar-refractivity contribution < 1.29 is 32.6 Å². The monoisotopic (exact) mass is 493 g/mol. The van der Waals surface area contributed by atoms with Crippen LogP contribution < -0.4 is 5.32 Å². The van der Waals surface area contributed by atoms with Gasteiger partial charge in [0, 0.05) is 52.8 Å². The number of hydrogen-bond donors (Lipinski definition) is 3. The Bertz CT molecular complexity index is 1260. The molecule has 3 N–H and O–H groups in total. The largest absolute Gasteiger partial charge is 0.478 e. The maximum atomic E-state index is 14.2. The number of pyridine rings is 2. The van der Waals surface area contributed by atoms with E-state index in [2.05, 4.69) is 15.3 Å². The molecule has 0 radical (unpaired) electrons. The lowest BCUT2D eigenvalue weighted by Gasteiger charge is -2.06. The second kappa shape index (κ2) is 11.4. The first-order valence-corrected chi connectivity index (χ1v) is 11.6. The summed E-state index contributed by atoms with van der Waals surface area (Å²) in [6.45, 7) is 2.27. The first-order valence-electron chi connectivity index (χ1n) is 9.26. The molecule has 9 nitrogen and oxygen atoms in total. The Kier molecular flexibility index (Phi) is 8.91. The van der Waals surface area contributed by atoms with E-state index in [-0.39, 0.29) is 14.7 Å². The molecule has 3 heterocycles. The van der Waals surface area contributed by atoms with Crippen molar-refractivity contribution >= 4 is 33.1 Å². The second-order valence-corrected chi connectivity index (χ2v) is 9.72. The molecule has 0 fully saturated rings. The van der Waals surface area contributed by atoms with Crippen LogP contribution in [-0.4, -0.2) is 47.6 Å². The molecule has 33 heavy (non-hydrogen) atoms. The number of nitrogens with one attached hydrogen (secondary N) is 1. The molecule has 0 aliphatic rings. The highest BCUT2D eigenvalue weighted by Crippen LogP contribution is 2.38. The predicted molar refractivity (Wildman–Crippen MR) is 119 cm³/mol. The Morgan fingerprint density at radius 1 is 1.12 bits per heavy atom. The van der Waals surface area contributed by atoms with Crippen LogP contribution in [-0.2, 0) is 26.0 Å². The van der Waals surface area contributed by atoms with E-state index in [0.717, 1.165) is 21.9 Å². The van der Waals surface area contributed by atoms with Crippen molar-refractivity contribution in [2.45, 2.75) is 22.6 Å². The molecule has 0 unspecified atom stereocenters. The minimum atomic E-state index is -3.81. The van der Waals surface area contributed by atoms with Crippen molar-refractivity contribution in [1.82, 2.24) is 15.3 Å². The zero-order valence-electron chi connectivity index (χ0n) is 17.5. The van der Waals surface area contributed by atoms with Crippen LogP contribution in [0.5, 0.6) is 0 Å². The summed E-state index contributed by atoms with van der Waals surface area (Å²) in [6, 6.07) is 7.95. The van der Waals surface area contributed by atoms with Gasteiger partial charge < -0.3 is 15.5 Å². The van der Waals surface area contributed by atoms with Crippen molar-refractivity contribution in [3.8, 4) is 11.1 Å².